The number of nitrogens with one attached hydrogen (secondary N) is 1. The quantitative estimate of drug-likeness (QED) is 0.829. The number of nitrogens with zero attached hydrogens (tertiary/aromatic N) is 1. The highest BCUT2D eigenvalue weighted by Gasteiger charge is 2.10. The summed E-state index contributed by atoms with van der Waals surface area (Å²) in [6.45, 7) is 4.39. The molecule has 1 aromatic rings. The van der Waals surface area contributed by atoms with E-state index in [-0.39, 0.29) is 0 Å². The Balaban J connectivity index is 2.63. The van der Waals surface area contributed by atoms with Crippen molar-refractivity contribution in [3.8, 4) is 0 Å². The molecule has 1 unspecified atom stereocenters. The van der Waals surface area contributed by atoms with Gasteiger partial charge in [-0.2, -0.15) is 0 Å². The molecule has 0 fully saturated rings. The van der Waals surface area contributed by atoms with Crippen LogP contribution in [0.25, 0.3) is 0 Å². The van der Waals surface area contributed by atoms with Crippen molar-refractivity contribution < 1.29 is 0 Å². The summed E-state index contributed by atoms with van der Waals surface area (Å²) in [7, 11) is 4.25. The van der Waals surface area contributed by atoms with Crippen molar-refractivity contribution in [3.05, 3.63) is 34.3 Å². The molecular weight excluding hydrogens is 276 g/mol. The molecule has 0 aliphatic heterocycles. The van der Waals surface area contributed by atoms with Crippen LogP contribution in [0.2, 0.25) is 0 Å². The predicted molar refractivity (Wildman–Crippen MR) is 78.3 cm³/mol. The van der Waals surface area contributed by atoms with Crippen molar-refractivity contribution in [2.75, 3.05) is 27.2 Å². The molecule has 96 valence electrons. The van der Waals surface area contributed by atoms with E-state index in [1.54, 1.807) is 0 Å². The molecule has 0 amide bonds. The smallest absolute Gasteiger partial charge is 0.0332 e. The van der Waals surface area contributed by atoms with Crippen molar-refractivity contribution in [1.29, 1.82) is 0 Å². The number of hydrogen-bond donors (Lipinski definition) is 1. The topological polar surface area (TPSA) is 15.3 Å². The van der Waals surface area contributed by atoms with E-state index in [9.17, 15) is 0 Å². The van der Waals surface area contributed by atoms with Gasteiger partial charge < -0.3 is 10.2 Å². The lowest BCUT2D eigenvalue weighted by molar-refractivity contribution is 0.361. The van der Waals surface area contributed by atoms with Gasteiger partial charge in [-0.05, 0) is 57.7 Å². The van der Waals surface area contributed by atoms with Gasteiger partial charge in [-0.1, -0.05) is 35.0 Å². The highest BCUT2D eigenvalue weighted by atomic mass is 79.9. The molecule has 3 heteroatoms. The van der Waals surface area contributed by atoms with Crippen LogP contribution in [0.1, 0.15) is 31.4 Å². The van der Waals surface area contributed by atoms with Gasteiger partial charge in [0.1, 0.15) is 0 Å². The van der Waals surface area contributed by atoms with Crippen molar-refractivity contribution in [1.82, 2.24) is 10.2 Å². The average molecular weight is 299 g/mol. The number of benzene rings is 1. The molecule has 1 aromatic carbocycles. The molecule has 2 nitrogen and oxygen atoms in total. The fourth-order valence-electron chi connectivity index (χ4n) is 1.79. The molecule has 0 saturated carbocycles. The van der Waals surface area contributed by atoms with Gasteiger partial charge in [0.2, 0.25) is 0 Å². The minimum absolute atomic E-state index is 0.463. The monoisotopic (exact) mass is 298 g/mol. The van der Waals surface area contributed by atoms with Gasteiger partial charge >= 0.3 is 0 Å². The second kappa shape index (κ2) is 7.85. The van der Waals surface area contributed by atoms with E-state index in [0.717, 1.165) is 24.0 Å². The molecule has 0 bridgehead atoms. The third kappa shape index (κ3) is 5.66. The molecular formula is C14H23BrN2. The van der Waals surface area contributed by atoms with Gasteiger partial charge in [-0.3, -0.25) is 0 Å². The Morgan fingerprint density at radius 3 is 2.41 bits per heavy atom. The van der Waals surface area contributed by atoms with E-state index in [1.807, 2.05) is 0 Å². The van der Waals surface area contributed by atoms with E-state index in [2.05, 4.69) is 71.4 Å². The zero-order valence-electron chi connectivity index (χ0n) is 11.0. The maximum atomic E-state index is 3.62. The average Bonchev–Trinajstić information content (AvgIpc) is 2.30. The highest BCUT2D eigenvalue weighted by molar-refractivity contribution is 9.10. The molecule has 1 atom stereocenters. The first-order valence-electron chi connectivity index (χ1n) is 6.27. The molecule has 0 saturated heterocycles. The fourth-order valence-corrected chi connectivity index (χ4v) is 2.05. The first-order valence-corrected chi connectivity index (χ1v) is 7.06. The van der Waals surface area contributed by atoms with Crippen LogP contribution in [0, 0.1) is 0 Å². The first-order chi connectivity index (χ1) is 8.13. The first kappa shape index (κ1) is 14.7. The second-order valence-corrected chi connectivity index (χ2v) is 5.57. The van der Waals surface area contributed by atoms with E-state index in [0.29, 0.717) is 6.04 Å². The molecule has 0 radical (unpaired) electrons. The molecule has 17 heavy (non-hydrogen) atoms. The van der Waals surface area contributed by atoms with Crippen LogP contribution >= 0.6 is 15.9 Å². The zero-order chi connectivity index (χ0) is 12.7. The Kier molecular flexibility index (Phi) is 6.78. The van der Waals surface area contributed by atoms with Crippen LogP contribution < -0.4 is 5.32 Å². The van der Waals surface area contributed by atoms with Gasteiger partial charge in [0, 0.05) is 10.5 Å². The van der Waals surface area contributed by atoms with E-state index < -0.39 is 0 Å². The Labute approximate surface area is 114 Å². The lowest BCUT2D eigenvalue weighted by atomic mass is 10.0. The summed E-state index contributed by atoms with van der Waals surface area (Å²) in [6, 6.07) is 9.10. The molecule has 0 heterocycles. The summed E-state index contributed by atoms with van der Waals surface area (Å²) in [5.74, 6) is 0. The Morgan fingerprint density at radius 2 is 1.88 bits per heavy atom. The summed E-state index contributed by atoms with van der Waals surface area (Å²) in [4.78, 5) is 2.24. The summed E-state index contributed by atoms with van der Waals surface area (Å²) in [6.07, 6.45) is 2.32. The second-order valence-electron chi connectivity index (χ2n) is 4.65. The third-order valence-corrected chi connectivity index (χ3v) is 3.31. The molecule has 0 aliphatic carbocycles. The Morgan fingerprint density at radius 1 is 1.24 bits per heavy atom. The van der Waals surface area contributed by atoms with Crippen LogP contribution in [0.3, 0.4) is 0 Å². The maximum absolute atomic E-state index is 3.62. The van der Waals surface area contributed by atoms with Crippen LogP contribution in [0.5, 0.6) is 0 Å². The van der Waals surface area contributed by atoms with E-state index in [1.165, 1.54) is 12.0 Å². The van der Waals surface area contributed by atoms with Gasteiger partial charge in [0.05, 0.1) is 0 Å². The Bertz CT molecular complexity index is 309. The number of halogens is 1. The van der Waals surface area contributed by atoms with Crippen molar-refractivity contribution in [2.24, 2.45) is 0 Å². The van der Waals surface area contributed by atoms with Crippen LogP contribution in [-0.2, 0) is 0 Å². The van der Waals surface area contributed by atoms with E-state index in [4.69, 9.17) is 0 Å². The molecule has 0 spiro atoms. The lowest BCUT2D eigenvalue weighted by Crippen LogP contribution is -2.26. The maximum Gasteiger partial charge on any atom is 0.0332 e. The normalized spacial score (nSPS) is 13.0. The third-order valence-electron chi connectivity index (χ3n) is 2.78. The van der Waals surface area contributed by atoms with E-state index >= 15 is 0 Å². The predicted octanol–water partition coefficient (Wildman–Crippen LogP) is 3.44. The molecule has 1 rings (SSSR count). The molecule has 0 aliphatic rings. The SMILES string of the molecule is CCCNC(CCN(C)C)c1ccc(Br)cc1. The zero-order valence-corrected chi connectivity index (χ0v) is 12.6. The van der Waals surface area contributed by atoms with Crippen molar-refractivity contribution in [2.45, 2.75) is 25.8 Å². The minimum Gasteiger partial charge on any atom is -0.310 e. The van der Waals surface area contributed by atoms with Crippen LogP contribution in [0.4, 0.5) is 0 Å². The molecule has 1 N–H and O–H groups in total. The summed E-state index contributed by atoms with van der Waals surface area (Å²) in [5, 5.41) is 3.62. The molecule has 0 aromatic heterocycles. The van der Waals surface area contributed by atoms with Gasteiger partial charge in [-0.25, -0.2) is 0 Å². The lowest BCUT2D eigenvalue weighted by Gasteiger charge is -2.21. The fraction of sp³-hybridized carbons (Fsp3) is 0.571. The van der Waals surface area contributed by atoms with Crippen LogP contribution in [-0.4, -0.2) is 32.1 Å². The van der Waals surface area contributed by atoms with Crippen molar-refractivity contribution in [3.63, 3.8) is 0 Å². The van der Waals surface area contributed by atoms with Crippen molar-refractivity contribution >= 4 is 15.9 Å². The summed E-state index contributed by atoms with van der Waals surface area (Å²) in [5.41, 5.74) is 1.38. The largest absolute Gasteiger partial charge is 0.310 e. The number of hydrogen-bond acceptors (Lipinski definition) is 2. The Hall–Kier alpha value is -0.380. The van der Waals surface area contributed by atoms with Gasteiger partial charge in [0.25, 0.3) is 0 Å². The van der Waals surface area contributed by atoms with Gasteiger partial charge in [-0.15, -0.1) is 0 Å². The summed E-state index contributed by atoms with van der Waals surface area (Å²) >= 11 is 3.48. The minimum atomic E-state index is 0.463. The van der Waals surface area contributed by atoms with Crippen LogP contribution in [0.15, 0.2) is 28.7 Å². The van der Waals surface area contributed by atoms with Gasteiger partial charge in [0.15, 0.2) is 0 Å². The standard InChI is InChI=1S/C14H23BrN2/c1-4-10-16-14(9-11-17(2)3)12-5-7-13(15)8-6-12/h5-8,14,16H,4,9-11H2,1-3H3. The number of rotatable bonds is 7. The highest BCUT2D eigenvalue weighted by Crippen LogP contribution is 2.19. The summed E-state index contributed by atoms with van der Waals surface area (Å²) < 4.78 is 1.14.